The number of benzene rings is 1. The van der Waals surface area contributed by atoms with E-state index in [1.165, 1.54) is 31.2 Å². The molecule has 120 valence electrons. The third kappa shape index (κ3) is 5.21. The van der Waals surface area contributed by atoms with E-state index in [0.717, 1.165) is 30.4 Å². The number of piperidine rings is 1. The molecule has 0 aliphatic carbocycles. The first-order chi connectivity index (χ1) is 10.6. The Morgan fingerprint density at radius 2 is 2.18 bits per heavy atom. The molecule has 5 heteroatoms. The van der Waals surface area contributed by atoms with Crippen molar-refractivity contribution in [2.75, 3.05) is 19.6 Å². The Morgan fingerprint density at radius 3 is 2.86 bits per heavy atom. The largest absolute Gasteiger partial charge is 0.349 e. The number of carbonyl (C=O) groups is 1. The molecule has 22 heavy (non-hydrogen) atoms. The summed E-state index contributed by atoms with van der Waals surface area (Å²) in [6.07, 6.45) is 6.16. The van der Waals surface area contributed by atoms with Crippen molar-refractivity contribution in [3.8, 4) is 0 Å². The van der Waals surface area contributed by atoms with Gasteiger partial charge in [-0.25, -0.2) is 4.39 Å². The predicted molar refractivity (Wildman–Crippen MR) is 90.2 cm³/mol. The molecular formula is C17H23BrFN2O+. The van der Waals surface area contributed by atoms with Crippen LogP contribution in [0.1, 0.15) is 31.7 Å². The number of nitrogens with one attached hydrogen (secondary N) is 2. The fraction of sp³-hybridized carbons (Fsp3) is 0.471. The Morgan fingerprint density at radius 1 is 1.45 bits per heavy atom. The molecule has 0 radical (unpaired) electrons. The molecule has 1 aromatic carbocycles. The van der Waals surface area contributed by atoms with Gasteiger partial charge in [0.1, 0.15) is 5.82 Å². The molecule has 0 unspecified atom stereocenters. The highest BCUT2D eigenvalue weighted by atomic mass is 79.9. The third-order valence-corrected chi connectivity index (χ3v) is 4.51. The fourth-order valence-electron chi connectivity index (χ4n) is 2.83. The van der Waals surface area contributed by atoms with E-state index >= 15 is 0 Å². The van der Waals surface area contributed by atoms with Crippen molar-refractivity contribution in [1.29, 1.82) is 0 Å². The zero-order valence-electron chi connectivity index (χ0n) is 12.9. The number of likely N-dealkylation sites (tertiary alicyclic amines) is 1. The van der Waals surface area contributed by atoms with Crippen molar-refractivity contribution in [3.63, 3.8) is 0 Å². The van der Waals surface area contributed by atoms with E-state index in [-0.39, 0.29) is 17.8 Å². The van der Waals surface area contributed by atoms with E-state index in [2.05, 4.69) is 28.2 Å². The Hall–Kier alpha value is -1.20. The van der Waals surface area contributed by atoms with Crippen LogP contribution in [0.2, 0.25) is 0 Å². The third-order valence-electron chi connectivity index (χ3n) is 4.01. The molecule has 0 aromatic heterocycles. The van der Waals surface area contributed by atoms with E-state index in [4.69, 9.17) is 0 Å². The van der Waals surface area contributed by atoms with Crippen LogP contribution < -0.4 is 10.2 Å². The summed E-state index contributed by atoms with van der Waals surface area (Å²) in [5.74, 6) is -0.480. The Labute approximate surface area is 139 Å². The van der Waals surface area contributed by atoms with Crippen LogP contribution in [-0.2, 0) is 4.79 Å². The van der Waals surface area contributed by atoms with E-state index in [1.54, 1.807) is 17.0 Å². The molecule has 0 spiro atoms. The first-order valence-corrected chi connectivity index (χ1v) is 8.65. The normalized spacial score (nSPS) is 22.0. The zero-order valence-corrected chi connectivity index (χ0v) is 14.5. The molecule has 1 aliphatic rings. The quantitative estimate of drug-likeness (QED) is 0.766. The molecule has 0 atom stereocenters. The van der Waals surface area contributed by atoms with Crippen molar-refractivity contribution in [1.82, 2.24) is 5.32 Å². The maximum absolute atomic E-state index is 13.6. The summed E-state index contributed by atoms with van der Waals surface area (Å²) in [5, 5.41) is 3.01. The summed E-state index contributed by atoms with van der Waals surface area (Å²) >= 11 is 3.30. The van der Waals surface area contributed by atoms with Crippen LogP contribution >= 0.6 is 15.9 Å². The van der Waals surface area contributed by atoms with Crippen LogP contribution in [0.3, 0.4) is 0 Å². The number of rotatable bonds is 5. The average Bonchev–Trinajstić information content (AvgIpc) is 2.50. The minimum absolute atomic E-state index is 0.150. The fourth-order valence-corrected chi connectivity index (χ4v) is 3.21. The van der Waals surface area contributed by atoms with Crippen LogP contribution in [0.4, 0.5) is 4.39 Å². The SMILES string of the molecule is CCC[NH+]1CCC(NC(=O)/C=C/c2cc(Br)ccc2F)CC1. The van der Waals surface area contributed by atoms with Gasteiger partial charge in [-0.05, 0) is 30.7 Å². The van der Waals surface area contributed by atoms with Crippen molar-refractivity contribution >= 4 is 27.9 Å². The Balaban J connectivity index is 1.83. The highest BCUT2D eigenvalue weighted by Crippen LogP contribution is 2.16. The lowest BCUT2D eigenvalue weighted by atomic mass is 10.0. The van der Waals surface area contributed by atoms with Crippen molar-refractivity contribution < 1.29 is 14.1 Å². The number of halogens is 2. The second-order valence-corrected chi connectivity index (χ2v) is 6.70. The maximum Gasteiger partial charge on any atom is 0.244 e. The lowest BCUT2D eigenvalue weighted by Gasteiger charge is -2.29. The highest BCUT2D eigenvalue weighted by Gasteiger charge is 2.21. The number of amides is 1. The molecule has 1 aromatic rings. The van der Waals surface area contributed by atoms with Gasteiger partial charge in [-0.15, -0.1) is 0 Å². The topological polar surface area (TPSA) is 33.5 Å². The van der Waals surface area contributed by atoms with E-state index in [9.17, 15) is 9.18 Å². The van der Waals surface area contributed by atoms with Gasteiger partial charge in [-0.3, -0.25) is 4.79 Å². The van der Waals surface area contributed by atoms with Gasteiger partial charge in [-0.2, -0.15) is 0 Å². The number of quaternary nitrogens is 1. The molecular weight excluding hydrogens is 347 g/mol. The number of hydrogen-bond acceptors (Lipinski definition) is 1. The van der Waals surface area contributed by atoms with Gasteiger partial charge in [0.25, 0.3) is 0 Å². The van der Waals surface area contributed by atoms with Crippen molar-refractivity contribution in [3.05, 3.63) is 40.1 Å². The summed E-state index contributed by atoms with van der Waals surface area (Å²) in [6, 6.07) is 4.92. The minimum atomic E-state index is -0.330. The zero-order chi connectivity index (χ0) is 15.9. The molecule has 1 saturated heterocycles. The van der Waals surface area contributed by atoms with Crippen LogP contribution in [0.5, 0.6) is 0 Å². The summed E-state index contributed by atoms with van der Waals surface area (Å²) < 4.78 is 14.4. The molecule has 1 heterocycles. The van der Waals surface area contributed by atoms with Gasteiger partial charge in [-0.1, -0.05) is 22.9 Å². The summed E-state index contributed by atoms with van der Waals surface area (Å²) in [7, 11) is 0. The molecule has 1 aliphatic heterocycles. The van der Waals surface area contributed by atoms with E-state index in [1.807, 2.05) is 0 Å². The van der Waals surface area contributed by atoms with Crippen LogP contribution in [-0.4, -0.2) is 31.6 Å². The first kappa shape index (κ1) is 17.2. The monoisotopic (exact) mass is 369 g/mol. The molecule has 1 fully saturated rings. The molecule has 0 saturated carbocycles. The number of carbonyl (C=O) groups excluding carboxylic acids is 1. The van der Waals surface area contributed by atoms with Crippen LogP contribution in [0, 0.1) is 5.82 Å². The lowest BCUT2D eigenvalue weighted by Crippen LogP contribution is -3.13. The number of hydrogen-bond donors (Lipinski definition) is 2. The van der Waals surface area contributed by atoms with Crippen LogP contribution in [0.25, 0.3) is 6.08 Å². The van der Waals surface area contributed by atoms with E-state index < -0.39 is 0 Å². The Kier molecular flexibility index (Phi) is 6.58. The van der Waals surface area contributed by atoms with Crippen molar-refractivity contribution in [2.24, 2.45) is 0 Å². The highest BCUT2D eigenvalue weighted by molar-refractivity contribution is 9.10. The second kappa shape index (κ2) is 8.44. The summed E-state index contributed by atoms with van der Waals surface area (Å²) in [4.78, 5) is 13.6. The van der Waals surface area contributed by atoms with Gasteiger partial charge in [0.15, 0.2) is 0 Å². The average molecular weight is 370 g/mol. The molecule has 2 N–H and O–H groups in total. The predicted octanol–water partition coefficient (Wildman–Crippen LogP) is 2.17. The standard InChI is InChI=1S/C17H22BrFN2O/c1-2-9-21-10-7-15(8-11-21)20-17(22)6-3-13-12-14(18)4-5-16(13)19/h3-6,12,15H,2,7-11H2,1H3,(H,20,22)/p+1/b6-3+. The summed E-state index contributed by atoms with van der Waals surface area (Å²) in [6.45, 7) is 5.64. The van der Waals surface area contributed by atoms with Gasteiger partial charge >= 0.3 is 0 Å². The second-order valence-electron chi connectivity index (χ2n) is 5.78. The lowest BCUT2D eigenvalue weighted by molar-refractivity contribution is -0.905. The van der Waals surface area contributed by atoms with Gasteiger partial charge in [0, 0.05) is 35.0 Å². The molecule has 0 bridgehead atoms. The molecule has 1 amide bonds. The van der Waals surface area contributed by atoms with Crippen LogP contribution in [0.15, 0.2) is 28.7 Å². The minimum Gasteiger partial charge on any atom is -0.349 e. The molecule has 2 rings (SSSR count). The smallest absolute Gasteiger partial charge is 0.244 e. The van der Waals surface area contributed by atoms with Crippen molar-refractivity contribution in [2.45, 2.75) is 32.2 Å². The van der Waals surface area contributed by atoms with Gasteiger partial charge in [0.05, 0.1) is 19.6 Å². The molecule has 3 nitrogen and oxygen atoms in total. The van der Waals surface area contributed by atoms with Gasteiger partial charge in [0.2, 0.25) is 5.91 Å². The maximum atomic E-state index is 13.6. The first-order valence-electron chi connectivity index (χ1n) is 7.85. The Bertz CT molecular complexity index is 539. The summed E-state index contributed by atoms with van der Waals surface area (Å²) in [5.41, 5.74) is 0.409. The van der Waals surface area contributed by atoms with Gasteiger partial charge < -0.3 is 10.2 Å². The van der Waals surface area contributed by atoms with E-state index in [0.29, 0.717) is 5.56 Å².